The molecule has 0 bridgehead atoms. The van der Waals surface area contributed by atoms with Crippen molar-refractivity contribution in [2.24, 2.45) is 0 Å². The second-order valence-corrected chi connectivity index (χ2v) is 8.73. The van der Waals surface area contributed by atoms with Gasteiger partial charge in [-0.1, -0.05) is 12.1 Å². The number of nitrogen functional groups attached to an aromatic ring is 1. The fraction of sp³-hybridized carbons (Fsp3) is 0.455. The van der Waals surface area contributed by atoms with Crippen molar-refractivity contribution in [2.75, 3.05) is 30.3 Å². The molecule has 19 heavy (non-hydrogen) atoms. The monoisotopic (exact) mass is 304 g/mol. The molecule has 1 saturated heterocycles. The highest BCUT2D eigenvalue weighted by Gasteiger charge is 2.33. The Bertz CT molecular complexity index is 661. The summed E-state index contributed by atoms with van der Waals surface area (Å²) in [5.41, 5.74) is 6.50. The van der Waals surface area contributed by atoms with Crippen LogP contribution in [0.2, 0.25) is 0 Å². The Morgan fingerprint density at radius 2 is 1.79 bits per heavy atom. The van der Waals surface area contributed by atoms with E-state index in [0.717, 1.165) is 0 Å². The zero-order chi connectivity index (χ0) is 14.3. The van der Waals surface area contributed by atoms with Gasteiger partial charge in [0.05, 0.1) is 17.2 Å². The molecule has 1 aliphatic rings. The Morgan fingerprint density at radius 3 is 2.32 bits per heavy atom. The van der Waals surface area contributed by atoms with Crippen molar-refractivity contribution in [2.45, 2.75) is 11.8 Å². The number of hydrogen-bond acceptors (Lipinski definition) is 5. The van der Waals surface area contributed by atoms with Gasteiger partial charge in [-0.05, 0) is 18.6 Å². The molecule has 0 atom stereocenters. The van der Waals surface area contributed by atoms with E-state index in [-0.39, 0.29) is 35.2 Å². The lowest BCUT2D eigenvalue weighted by Gasteiger charge is -2.27. The van der Waals surface area contributed by atoms with Crippen LogP contribution in [0.3, 0.4) is 0 Å². The van der Waals surface area contributed by atoms with Crippen molar-refractivity contribution >= 4 is 25.5 Å². The summed E-state index contributed by atoms with van der Waals surface area (Å²) in [6.07, 6.45) is 0. The molecule has 0 unspecified atom stereocenters. The second kappa shape index (κ2) is 4.77. The van der Waals surface area contributed by atoms with Crippen molar-refractivity contribution in [3.63, 3.8) is 0 Å². The average molecular weight is 304 g/mol. The van der Waals surface area contributed by atoms with Crippen LogP contribution in [0, 0.1) is 6.92 Å². The normalized spacial score (nSPS) is 20.3. The molecule has 1 aromatic carbocycles. The minimum atomic E-state index is -3.73. The van der Waals surface area contributed by atoms with Gasteiger partial charge in [-0.25, -0.2) is 16.8 Å². The van der Waals surface area contributed by atoms with E-state index in [9.17, 15) is 16.8 Å². The number of rotatable bonds is 2. The van der Waals surface area contributed by atoms with Crippen LogP contribution < -0.4 is 5.73 Å². The third-order valence-corrected chi connectivity index (χ3v) is 6.87. The van der Waals surface area contributed by atoms with Crippen LogP contribution in [0.15, 0.2) is 23.1 Å². The minimum absolute atomic E-state index is 0.0154. The maximum Gasteiger partial charge on any atom is 0.245 e. The third-order valence-electron chi connectivity index (χ3n) is 3.14. The molecule has 0 saturated carbocycles. The van der Waals surface area contributed by atoms with E-state index in [1.54, 1.807) is 19.1 Å². The summed E-state index contributed by atoms with van der Waals surface area (Å²) in [6.45, 7) is 1.64. The minimum Gasteiger partial charge on any atom is -0.398 e. The molecule has 0 amide bonds. The molecule has 2 N–H and O–H groups in total. The van der Waals surface area contributed by atoms with Crippen LogP contribution >= 0.6 is 0 Å². The summed E-state index contributed by atoms with van der Waals surface area (Å²) < 4.78 is 48.9. The molecular weight excluding hydrogens is 288 g/mol. The van der Waals surface area contributed by atoms with Gasteiger partial charge >= 0.3 is 0 Å². The molecule has 0 aromatic heterocycles. The molecule has 1 aliphatic heterocycles. The first kappa shape index (κ1) is 14.3. The zero-order valence-corrected chi connectivity index (χ0v) is 12.2. The van der Waals surface area contributed by atoms with E-state index in [2.05, 4.69) is 0 Å². The fourth-order valence-electron chi connectivity index (χ4n) is 2.09. The summed E-state index contributed by atoms with van der Waals surface area (Å²) in [5.74, 6) is -0.282. The largest absolute Gasteiger partial charge is 0.398 e. The Labute approximate surface area is 113 Å². The van der Waals surface area contributed by atoms with Crippen molar-refractivity contribution in [3.05, 3.63) is 23.8 Å². The van der Waals surface area contributed by atoms with Gasteiger partial charge in [0.1, 0.15) is 4.90 Å². The predicted molar refractivity (Wildman–Crippen MR) is 73.0 cm³/mol. The van der Waals surface area contributed by atoms with Gasteiger partial charge in [0.2, 0.25) is 10.0 Å². The topological polar surface area (TPSA) is 97.5 Å². The van der Waals surface area contributed by atoms with Gasteiger partial charge in [0.15, 0.2) is 9.84 Å². The Morgan fingerprint density at radius 1 is 1.21 bits per heavy atom. The highest BCUT2D eigenvalue weighted by atomic mass is 32.2. The maximum atomic E-state index is 12.5. The molecule has 1 aromatic rings. The molecule has 2 rings (SSSR count). The Hall–Kier alpha value is -1.12. The summed E-state index contributed by atoms with van der Waals surface area (Å²) in [6, 6.07) is 4.88. The van der Waals surface area contributed by atoms with Crippen LogP contribution in [0.25, 0.3) is 0 Å². The van der Waals surface area contributed by atoms with Crippen LogP contribution in [0.5, 0.6) is 0 Å². The highest BCUT2D eigenvalue weighted by Crippen LogP contribution is 2.26. The van der Waals surface area contributed by atoms with Gasteiger partial charge in [-0.15, -0.1) is 0 Å². The molecule has 6 nitrogen and oxygen atoms in total. The Balaban J connectivity index is 2.39. The number of sulfonamides is 1. The lowest BCUT2D eigenvalue weighted by molar-refractivity contribution is 0.430. The number of nitrogens with two attached hydrogens (primary N) is 1. The first-order chi connectivity index (χ1) is 8.74. The van der Waals surface area contributed by atoms with Crippen LogP contribution in [0.1, 0.15) is 5.56 Å². The molecule has 0 radical (unpaired) electrons. The first-order valence-electron chi connectivity index (χ1n) is 5.80. The summed E-state index contributed by atoms with van der Waals surface area (Å²) in [4.78, 5) is 0.0781. The molecule has 106 valence electrons. The number of sulfone groups is 1. The smallest absolute Gasteiger partial charge is 0.245 e. The lowest BCUT2D eigenvalue weighted by atomic mass is 10.2. The van der Waals surface area contributed by atoms with Crippen molar-refractivity contribution in [1.29, 1.82) is 0 Å². The van der Waals surface area contributed by atoms with Crippen molar-refractivity contribution in [1.82, 2.24) is 4.31 Å². The van der Waals surface area contributed by atoms with E-state index in [4.69, 9.17) is 5.73 Å². The Kier molecular flexibility index (Phi) is 3.59. The maximum absolute atomic E-state index is 12.5. The number of aryl methyl sites for hydroxylation is 1. The lowest BCUT2D eigenvalue weighted by Crippen LogP contribution is -2.43. The van der Waals surface area contributed by atoms with Crippen LogP contribution in [-0.4, -0.2) is 45.7 Å². The van der Waals surface area contributed by atoms with E-state index in [1.165, 1.54) is 10.4 Å². The third kappa shape index (κ3) is 2.75. The van der Waals surface area contributed by atoms with Gasteiger partial charge in [-0.2, -0.15) is 4.31 Å². The van der Waals surface area contributed by atoms with E-state index in [0.29, 0.717) is 5.56 Å². The molecule has 0 aliphatic carbocycles. The van der Waals surface area contributed by atoms with E-state index < -0.39 is 19.9 Å². The standard InChI is InChI=1S/C11H16N2O4S2/c1-9-3-2-4-10(12)11(9)19(16,17)13-5-7-18(14,15)8-6-13/h2-4H,5-8,12H2,1H3. The van der Waals surface area contributed by atoms with Crippen LogP contribution in [0.4, 0.5) is 5.69 Å². The predicted octanol–water partition coefficient (Wildman–Crippen LogP) is -0.00368. The summed E-state index contributed by atoms with van der Waals surface area (Å²) in [7, 11) is -6.85. The van der Waals surface area contributed by atoms with Gasteiger partial charge in [0, 0.05) is 13.1 Å². The van der Waals surface area contributed by atoms with Crippen LogP contribution in [-0.2, 0) is 19.9 Å². The quantitative estimate of drug-likeness (QED) is 0.775. The van der Waals surface area contributed by atoms with E-state index in [1.807, 2.05) is 0 Å². The van der Waals surface area contributed by atoms with Crippen molar-refractivity contribution in [3.8, 4) is 0 Å². The molecule has 1 fully saturated rings. The molecule has 1 heterocycles. The highest BCUT2D eigenvalue weighted by molar-refractivity contribution is 7.92. The number of benzene rings is 1. The van der Waals surface area contributed by atoms with Crippen molar-refractivity contribution < 1.29 is 16.8 Å². The van der Waals surface area contributed by atoms with Gasteiger partial charge in [0.25, 0.3) is 0 Å². The summed E-state index contributed by atoms with van der Waals surface area (Å²) in [5, 5.41) is 0. The number of hydrogen-bond donors (Lipinski definition) is 1. The first-order valence-corrected chi connectivity index (χ1v) is 9.06. The molecule has 8 heteroatoms. The van der Waals surface area contributed by atoms with E-state index >= 15 is 0 Å². The number of anilines is 1. The molecule has 0 spiro atoms. The van der Waals surface area contributed by atoms with Gasteiger partial charge in [-0.3, -0.25) is 0 Å². The van der Waals surface area contributed by atoms with Gasteiger partial charge < -0.3 is 5.73 Å². The summed E-state index contributed by atoms with van der Waals surface area (Å²) >= 11 is 0. The second-order valence-electron chi connectivity index (χ2n) is 4.55. The SMILES string of the molecule is Cc1cccc(N)c1S(=O)(=O)N1CCS(=O)(=O)CC1. The average Bonchev–Trinajstić information content (AvgIpc) is 2.27. The number of nitrogens with zero attached hydrogens (tertiary/aromatic N) is 1. The molecular formula is C11H16N2O4S2. The zero-order valence-electron chi connectivity index (χ0n) is 10.5. The fourth-order valence-corrected chi connectivity index (χ4v) is 5.29.